The Bertz CT molecular complexity index is 854. The van der Waals surface area contributed by atoms with Gasteiger partial charge in [-0.2, -0.15) is 4.79 Å². The van der Waals surface area contributed by atoms with E-state index in [1.807, 2.05) is 0 Å². The maximum absolute atomic E-state index is 13.2. The van der Waals surface area contributed by atoms with Gasteiger partial charge in [-0.25, -0.2) is 4.48 Å². The van der Waals surface area contributed by atoms with E-state index in [0.29, 0.717) is 4.48 Å². The minimum absolute atomic E-state index is 0.0439. The predicted octanol–water partition coefficient (Wildman–Crippen LogP) is 13.7. The Hall–Kier alpha value is -1.65. The Kier molecular flexibility index (Phi) is 31.0. The van der Waals surface area contributed by atoms with Gasteiger partial charge in [0.1, 0.15) is 25.7 Å². The summed E-state index contributed by atoms with van der Waals surface area (Å²) in [5, 5.41) is 0. The molecule has 0 aromatic rings. The number of nitrogens with zero attached hydrogens (tertiary/aromatic N) is 2. The van der Waals surface area contributed by atoms with Crippen molar-refractivity contribution in [1.29, 1.82) is 0 Å². The molecular formula is C45H83N2O2+. The van der Waals surface area contributed by atoms with Crippen molar-refractivity contribution in [2.75, 3.05) is 40.3 Å². The summed E-state index contributed by atoms with van der Waals surface area (Å²) in [7, 11) is 4.18. The third-order valence-corrected chi connectivity index (χ3v) is 10.1. The average Bonchev–Trinajstić information content (AvgIpc) is 3.89. The van der Waals surface area contributed by atoms with E-state index in [2.05, 4.69) is 81.5 Å². The number of rotatable bonds is 35. The van der Waals surface area contributed by atoms with Crippen LogP contribution in [0.15, 0.2) is 48.6 Å². The first-order chi connectivity index (χ1) is 24.0. The number of amides is 1. The number of carbonyl (C=O) groups excluding carboxylic acids is 1. The fraction of sp³-hybridized carbons (Fsp3) is 0.800. The van der Waals surface area contributed by atoms with Crippen LogP contribution in [0.4, 0.5) is 4.79 Å². The van der Waals surface area contributed by atoms with Crippen molar-refractivity contribution >= 4 is 6.09 Å². The van der Waals surface area contributed by atoms with Crippen molar-refractivity contribution in [3.05, 3.63) is 48.6 Å². The Morgan fingerprint density at radius 2 is 0.918 bits per heavy atom. The normalized spacial score (nSPS) is 15.1. The molecule has 4 heteroatoms. The first-order valence-corrected chi connectivity index (χ1v) is 21.4. The van der Waals surface area contributed by atoms with Gasteiger partial charge in [-0.05, 0) is 104 Å². The molecule has 1 heterocycles. The standard InChI is InChI=1S/C45H83N2O2/c1-5-7-9-11-13-15-17-19-21-23-25-27-29-31-33-35-37-39-44(49-45(48)47(42-43-47)41-40-46(3)4)38-36-34-32-30-28-26-24-22-20-18-16-14-12-10-8-6-2/h14-17,20-23,44H,5-13,18-19,24-43H2,1-4H3/q+1. The molecule has 284 valence electrons. The van der Waals surface area contributed by atoms with Crippen LogP contribution in [-0.2, 0) is 4.74 Å². The summed E-state index contributed by atoms with van der Waals surface area (Å²) in [6.07, 6.45) is 52.9. The van der Waals surface area contributed by atoms with Crippen molar-refractivity contribution in [1.82, 2.24) is 4.90 Å². The number of unbranched alkanes of at least 4 members (excludes halogenated alkanes) is 19. The summed E-state index contributed by atoms with van der Waals surface area (Å²) in [5.74, 6) is 0. The first kappa shape index (κ1) is 45.4. The summed E-state index contributed by atoms with van der Waals surface area (Å²) in [6, 6.07) is 0. The number of carbonyl (C=O) groups is 1. The van der Waals surface area contributed by atoms with Gasteiger partial charge in [-0.3, -0.25) is 0 Å². The lowest BCUT2D eigenvalue weighted by Gasteiger charge is -2.22. The zero-order valence-electron chi connectivity index (χ0n) is 33.3. The van der Waals surface area contributed by atoms with E-state index >= 15 is 0 Å². The molecule has 1 fully saturated rings. The first-order valence-electron chi connectivity index (χ1n) is 21.4. The van der Waals surface area contributed by atoms with Gasteiger partial charge >= 0.3 is 6.09 Å². The Balaban J connectivity index is 2.20. The maximum Gasteiger partial charge on any atom is 0.516 e. The number of allylic oxidation sites excluding steroid dienone is 8. The van der Waals surface area contributed by atoms with Gasteiger partial charge in [0.2, 0.25) is 0 Å². The third-order valence-electron chi connectivity index (χ3n) is 10.1. The molecule has 49 heavy (non-hydrogen) atoms. The average molecular weight is 684 g/mol. The van der Waals surface area contributed by atoms with Crippen LogP contribution in [0.25, 0.3) is 0 Å². The number of hydrogen-bond donors (Lipinski definition) is 0. The predicted molar refractivity (Wildman–Crippen MR) is 216 cm³/mol. The van der Waals surface area contributed by atoms with Crippen molar-refractivity contribution in [2.45, 2.75) is 193 Å². The van der Waals surface area contributed by atoms with Crippen molar-refractivity contribution in [3.63, 3.8) is 0 Å². The topological polar surface area (TPSA) is 29.5 Å². The van der Waals surface area contributed by atoms with Gasteiger partial charge < -0.3 is 9.64 Å². The van der Waals surface area contributed by atoms with Crippen LogP contribution < -0.4 is 0 Å². The van der Waals surface area contributed by atoms with E-state index in [-0.39, 0.29) is 12.2 Å². The zero-order chi connectivity index (χ0) is 35.5. The summed E-state index contributed by atoms with van der Waals surface area (Å²) in [6.45, 7) is 8.27. The van der Waals surface area contributed by atoms with Crippen LogP contribution in [0.5, 0.6) is 0 Å². The Morgan fingerprint density at radius 3 is 1.33 bits per heavy atom. The highest BCUT2D eigenvalue weighted by molar-refractivity contribution is 5.61. The summed E-state index contributed by atoms with van der Waals surface area (Å²) >= 11 is 0. The molecule has 4 nitrogen and oxygen atoms in total. The highest BCUT2D eigenvalue weighted by atomic mass is 16.6. The van der Waals surface area contributed by atoms with Gasteiger partial charge in [0.15, 0.2) is 0 Å². The second kappa shape index (κ2) is 33.5. The maximum atomic E-state index is 13.2. The van der Waals surface area contributed by atoms with E-state index in [0.717, 1.165) is 51.9 Å². The van der Waals surface area contributed by atoms with Crippen LogP contribution in [0.2, 0.25) is 0 Å². The smallest absolute Gasteiger partial charge is 0.417 e. The molecule has 0 saturated carbocycles. The fourth-order valence-corrected chi connectivity index (χ4v) is 6.42. The largest absolute Gasteiger partial charge is 0.516 e. The highest BCUT2D eigenvalue weighted by Crippen LogP contribution is 2.26. The summed E-state index contributed by atoms with van der Waals surface area (Å²) in [4.78, 5) is 15.4. The lowest BCUT2D eigenvalue weighted by Crippen LogP contribution is -2.41. The molecule has 0 aromatic heterocycles. The van der Waals surface area contributed by atoms with E-state index in [1.54, 1.807) is 0 Å². The van der Waals surface area contributed by atoms with Crippen LogP contribution in [0, 0.1) is 0 Å². The zero-order valence-corrected chi connectivity index (χ0v) is 33.3. The number of hydrogen-bond acceptors (Lipinski definition) is 3. The second-order valence-electron chi connectivity index (χ2n) is 15.2. The highest BCUT2D eigenvalue weighted by Gasteiger charge is 2.52. The summed E-state index contributed by atoms with van der Waals surface area (Å²) < 4.78 is 6.80. The second-order valence-corrected chi connectivity index (χ2v) is 15.2. The molecule has 1 saturated heterocycles. The summed E-state index contributed by atoms with van der Waals surface area (Å²) in [5.41, 5.74) is 0. The molecule has 1 unspecified atom stereocenters. The molecule has 0 radical (unpaired) electrons. The fourth-order valence-electron chi connectivity index (χ4n) is 6.42. The molecule has 0 aliphatic carbocycles. The molecule has 0 aromatic carbocycles. The Morgan fingerprint density at radius 1 is 0.551 bits per heavy atom. The Labute approximate surface area is 306 Å². The molecular weight excluding hydrogens is 601 g/mol. The van der Waals surface area contributed by atoms with Gasteiger partial charge in [-0.1, -0.05) is 146 Å². The van der Waals surface area contributed by atoms with E-state index in [4.69, 9.17) is 4.74 Å². The number of quaternary nitrogens is 1. The van der Waals surface area contributed by atoms with Gasteiger partial charge in [0, 0.05) is 6.54 Å². The lowest BCUT2D eigenvalue weighted by molar-refractivity contribution is -0.722. The quantitative estimate of drug-likeness (QED) is 0.0288. The van der Waals surface area contributed by atoms with Crippen LogP contribution in [0.1, 0.15) is 187 Å². The molecule has 0 spiro atoms. The third kappa shape index (κ3) is 28.7. The van der Waals surface area contributed by atoms with E-state index < -0.39 is 0 Å². The molecule has 1 amide bonds. The van der Waals surface area contributed by atoms with Crippen molar-refractivity contribution < 1.29 is 14.0 Å². The van der Waals surface area contributed by atoms with Crippen LogP contribution >= 0.6 is 0 Å². The number of ether oxygens (including phenoxy) is 1. The monoisotopic (exact) mass is 684 g/mol. The van der Waals surface area contributed by atoms with E-state index in [1.165, 1.54) is 148 Å². The molecule has 0 N–H and O–H groups in total. The van der Waals surface area contributed by atoms with Crippen molar-refractivity contribution in [2.24, 2.45) is 0 Å². The van der Waals surface area contributed by atoms with Crippen LogP contribution in [-0.4, -0.2) is 61.9 Å². The lowest BCUT2D eigenvalue weighted by atomic mass is 10.0. The molecule has 1 aliphatic heterocycles. The molecule has 1 atom stereocenters. The SMILES string of the molecule is CCCCCC=CCC=CCCCCCCCCC(CCCCCCCCC=CCC=CCCCCCC)OC(=O)[N+]1(CCN(C)C)CC1. The molecule has 1 aliphatic rings. The van der Waals surface area contributed by atoms with Gasteiger partial charge in [0.25, 0.3) is 0 Å². The minimum atomic E-state index is 0.0439. The molecule has 1 rings (SSSR count). The van der Waals surface area contributed by atoms with Crippen LogP contribution in [0.3, 0.4) is 0 Å². The van der Waals surface area contributed by atoms with E-state index in [9.17, 15) is 4.79 Å². The minimum Gasteiger partial charge on any atom is -0.417 e. The van der Waals surface area contributed by atoms with Gasteiger partial charge in [-0.15, -0.1) is 0 Å². The van der Waals surface area contributed by atoms with Crippen molar-refractivity contribution in [3.8, 4) is 0 Å². The van der Waals surface area contributed by atoms with Gasteiger partial charge in [0.05, 0.1) is 0 Å². The number of likely N-dealkylation sites (N-methyl/N-ethyl adjacent to an activating group) is 1. The molecule has 0 bridgehead atoms.